The summed E-state index contributed by atoms with van der Waals surface area (Å²) in [6.45, 7) is 47.3. The van der Waals surface area contributed by atoms with Gasteiger partial charge in [0.1, 0.15) is 0 Å². The first-order chi connectivity index (χ1) is 25.0. The van der Waals surface area contributed by atoms with E-state index in [1.165, 1.54) is 0 Å². The molecule has 0 amide bonds. The molecule has 0 atom stereocenters. The molecule has 12 nitrogen and oxygen atoms in total. The van der Waals surface area contributed by atoms with Gasteiger partial charge in [0.25, 0.3) is 0 Å². The van der Waals surface area contributed by atoms with Gasteiger partial charge >= 0.3 is 31.3 Å². The molecule has 1 saturated heterocycles. The molecule has 1 heterocycles. The molecule has 0 aromatic rings. The highest BCUT2D eigenvalue weighted by atomic mass is 31.3. The summed E-state index contributed by atoms with van der Waals surface area (Å²) >= 11 is 0. The maximum absolute atomic E-state index is 15.8. The van der Waals surface area contributed by atoms with Gasteiger partial charge in [-0.1, -0.05) is 166 Å². The van der Waals surface area contributed by atoms with Crippen molar-refractivity contribution in [3.05, 3.63) is 0 Å². The molecule has 0 aromatic carbocycles. The molecule has 1 aliphatic heterocycles. The van der Waals surface area contributed by atoms with E-state index in [0.717, 1.165) is 0 Å². The van der Waals surface area contributed by atoms with Crippen LogP contribution in [0.5, 0.6) is 0 Å². The van der Waals surface area contributed by atoms with Crippen LogP contribution < -0.4 is 0 Å². The highest BCUT2D eigenvalue weighted by Gasteiger charge is 2.67. The number of hydrogen-bond donors (Lipinski definition) is 0. The van der Waals surface area contributed by atoms with Crippen molar-refractivity contribution in [2.24, 2.45) is 0 Å². The average Bonchev–Trinajstić information content (AvgIpc) is 2.97. The maximum Gasteiger partial charge on any atom is 0.482 e. The Morgan fingerprint density at radius 1 is 0.250 bits per heavy atom. The zero-order chi connectivity index (χ0) is 44.6. The summed E-state index contributed by atoms with van der Waals surface area (Å²) in [7, 11) is -34.3. The molecule has 56 heavy (non-hydrogen) atoms. The second-order valence-corrected chi connectivity index (χ2v) is 49.5. The third-order valence-corrected chi connectivity index (χ3v) is 49.4. The van der Waals surface area contributed by atoms with E-state index < -0.39 is 64.6 Å². The van der Waals surface area contributed by atoms with E-state index in [9.17, 15) is 0 Å². The van der Waals surface area contributed by atoms with E-state index >= 15 is 18.3 Å². The fraction of sp³-hybridized carbons (Fsp3) is 1.00. The van der Waals surface area contributed by atoms with Crippen molar-refractivity contribution in [3.63, 3.8) is 0 Å². The maximum atomic E-state index is 15.8. The topological polar surface area (TPSA) is 142 Å². The number of phosphoric acid groups is 4. The van der Waals surface area contributed by atoms with Gasteiger partial charge in [0, 0.05) is 0 Å². The van der Waals surface area contributed by atoms with Crippen LogP contribution in [0.2, 0.25) is 66.5 Å². The van der Waals surface area contributed by atoms with Gasteiger partial charge in [-0.15, -0.1) is 0 Å². The summed E-state index contributed by atoms with van der Waals surface area (Å²) in [5.41, 5.74) is -1.96. The highest BCUT2D eigenvalue weighted by molar-refractivity contribution is 7.77. The third kappa shape index (κ3) is 11.2. The largest absolute Gasteiger partial charge is 0.482 e. The molecule has 0 aliphatic carbocycles. The zero-order valence-electron chi connectivity index (χ0n) is 39.6. The van der Waals surface area contributed by atoms with E-state index in [1.807, 2.05) is 166 Å². The van der Waals surface area contributed by atoms with Crippen LogP contribution in [0.1, 0.15) is 166 Å². The lowest BCUT2D eigenvalue weighted by atomic mass is 10.5. The van der Waals surface area contributed by atoms with E-state index in [-0.39, 0.29) is 66.5 Å². The smallest absolute Gasteiger partial charge is 0.328 e. The van der Waals surface area contributed by atoms with E-state index in [2.05, 4.69) is 0 Å². The minimum absolute atomic E-state index is 0.163. The van der Waals surface area contributed by atoms with Crippen molar-refractivity contribution in [2.75, 3.05) is 0 Å². The van der Waals surface area contributed by atoms with Crippen LogP contribution in [0.4, 0.5) is 0 Å². The Morgan fingerprint density at radius 2 is 0.339 bits per heavy atom. The molecular weight excluding hydrogens is 861 g/mol. The minimum atomic E-state index is -5.31. The minimum Gasteiger partial charge on any atom is -0.328 e. The van der Waals surface area contributed by atoms with Crippen LogP contribution in [0.25, 0.3) is 0 Å². The molecule has 0 N–H and O–H groups in total. The first kappa shape index (κ1) is 55.5. The van der Waals surface area contributed by atoms with Crippen LogP contribution in [0.15, 0.2) is 0 Å². The van der Waals surface area contributed by atoms with Crippen LogP contribution >= 0.6 is 31.3 Å². The fourth-order valence-corrected chi connectivity index (χ4v) is 52.0. The fourth-order valence-electron chi connectivity index (χ4n) is 10.7. The monoisotopic (exact) mass is 944 g/mol. The quantitative estimate of drug-likeness (QED) is 0.0847. The Kier molecular flexibility index (Phi) is 19.7. The normalized spacial score (nSPS) is 26.9. The van der Waals surface area contributed by atoms with Crippen LogP contribution in [-0.4, -0.2) is 33.3 Å². The Labute approximate surface area is 348 Å². The number of hydrogen-bond acceptors (Lipinski definition) is 12. The number of rotatable bonds is 20. The van der Waals surface area contributed by atoms with Gasteiger partial charge in [-0.05, 0) is 66.5 Å². The molecular formula is C36H84O12P4Si4. The summed E-state index contributed by atoms with van der Waals surface area (Å²) < 4.78 is 115. The second kappa shape index (κ2) is 19.9. The van der Waals surface area contributed by atoms with Crippen molar-refractivity contribution >= 4 is 64.6 Å². The van der Waals surface area contributed by atoms with E-state index in [1.54, 1.807) is 0 Å². The molecule has 1 fully saturated rings. The lowest BCUT2D eigenvalue weighted by molar-refractivity contribution is 0.164. The summed E-state index contributed by atoms with van der Waals surface area (Å²) in [5, 5.41) is 0. The first-order valence-electron chi connectivity index (χ1n) is 21.1. The van der Waals surface area contributed by atoms with Gasteiger partial charge < -0.3 is 16.9 Å². The molecule has 0 unspecified atom stereocenters. The first-order valence-corrected chi connectivity index (χ1v) is 35.5. The highest BCUT2D eigenvalue weighted by Crippen LogP contribution is 2.86. The Bertz CT molecular complexity index is 1160. The molecule has 0 saturated carbocycles. The van der Waals surface area contributed by atoms with Crippen molar-refractivity contribution in [3.8, 4) is 0 Å². The lowest BCUT2D eigenvalue weighted by Gasteiger charge is -2.48. The molecule has 336 valence electrons. The Morgan fingerprint density at radius 3 is 0.411 bits per heavy atom. The summed E-state index contributed by atoms with van der Waals surface area (Å²) in [6.07, 6.45) is 0. The average molecular weight is 945 g/mol. The van der Waals surface area contributed by atoms with E-state index in [0.29, 0.717) is 0 Å². The second-order valence-electron chi connectivity index (χ2n) is 19.8. The summed E-state index contributed by atoms with van der Waals surface area (Å²) in [5.74, 6) is 0. The van der Waals surface area contributed by atoms with Crippen molar-refractivity contribution in [2.45, 2.75) is 233 Å². The SMILES string of the molecule is CC(C)[Si](OP1(=O)OP(=O)(O[Si](C(C)C)(C(C)C)C(C)C)OP(=O)(O[Si](C(C)C)(C(C)C)C(C)C)OP(=O)(O[Si](C(C)C)(C(C)C)C(C)C)O1)(C(C)C)C(C)C. The molecule has 0 radical (unpaired) electrons. The zero-order valence-corrected chi connectivity index (χ0v) is 47.2. The molecule has 0 bridgehead atoms. The Balaban J connectivity index is 4.67. The van der Waals surface area contributed by atoms with Gasteiger partial charge in [-0.2, -0.15) is 17.2 Å². The summed E-state index contributed by atoms with van der Waals surface area (Å²) in [6, 6.07) is 0. The molecule has 0 spiro atoms. The van der Waals surface area contributed by atoms with E-state index in [4.69, 9.17) is 34.1 Å². The lowest BCUT2D eigenvalue weighted by Crippen LogP contribution is -2.49. The summed E-state index contributed by atoms with van der Waals surface area (Å²) in [4.78, 5) is 0. The van der Waals surface area contributed by atoms with Gasteiger partial charge in [-0.3, -0.25) is 0 Å². The van der Waals surface area contributed by atoms with Gasteiger partial charge in [0.15, 0.2) is 0 Å². The molecule has 20 heteroatoms. The predicted molar refractivity (Wildman–Crippen MR) is 243 cm³/mol. The van der Waals surface area contributed by atoms with Crippen molar-refractivity contribution in [1.82, 2.24) is 0 Å². The standard InChI is InChI=1S/C36H84O12P4Si4/c1-25(2)53(26(3)4,27(5)6)45-49(37)41-50(38,46-54(28(7)8,29(9)10)30(11)12)43-52(40,48-56(34(19)20,35(21)22)36(23)24)44-51(39,42-49)47-55(31(13)14,32(15)16)33(17)18/h25-36H,1-24H3. The van der Waals surface area contributed by atoms with Crippen LogP contribution in [0.3, 0.4) is 0 Å². The molecule has 0 aromatic heterocycles. The third-order valence-electron chi connectivity index (χ3n) is 12.7. The van der Waals surface area contributed by atoms with Gasteiger partial charge in [0.2, 0.25) is 33.3 Å². The molecule has 1 aliphatic rings. The van der Waals surface area contributed by atoms with Gasteiger partial charge in [0.05, 0.1) is 0 Å². The molecule has 1 rings (SSSR count). The van der Waals surface area contributed by atoms with Crippen molar-refractivity contribution in [1.29, 1.82) is 0 Å². The predicted octanol–water partition coefficient (Wildman–Crippen LogP) is 17.3. The van der Waals surface area contributed by atoms with Crippen molar-refractivity contribution < 1.29 is 52.4 Å². The Hall–Kier alpha value is 1.47. The van der Waals surface area contributed by atoms with Gasteiger partial charge in [-0.25, -0.2) is 18.3 Å². The van der Waals surface area contributed by atoms with Crippen LogP contribution in [0, 0.1) is 0 Å². The van der Waals surface area contributed by atoms with Crippen LogP contribution in [-0.2, 0) is 52.4 Å².